The third-order valence-corrected chi connectivity index (χ3v) is 3.40. The van der Waals surface area contributed by atoms with Crippen LogP contribution in [0.25, 0.3) is 0 Å². The summed E-state index contributed by atoms with van der Waals surface area (Å²) in [6.07, 6.45) is 0.717. The lowest BCUT2D eigenvalue weighted by atomic mass is 10.1. The van der Waals surface area contributed by atoms with E-state index in [0.29, 0.717) is 18.7 Å². The molecule has 0 spiro atoms. The van der Waals surface area contributed by atoms with Crippen molar-refractivity contribution >= 4 is 11.9 Å². The standard InChI is InChI=1S/C13H19N3O4/c1-8-4-10(20-15-8)6-12(17)14-9-5-11(13(18)19-3)16(2)7-9/h4,9,11H,5-7H2,1-3H3,(H,14,17)/t9-,11-/m0/s1. The van der Waals surface area contributed by atoms with E-state index in [9.17, 15) is 9.59 Å². The molecule has 0 unspecified atom stereocenters. The molecule has 0 radical (unpaired) electrons. The van der Waals surface area contributed by atoms with Crippen molar-refractivity contribution in [3.05, 3.63) is 17.5 Å². The fourth-order valence-corrected chi connectivity index (χ4v) is 2.45. The second-order valence-corrected chi connectivity index (χ2v) is 5.09. The topological polar surface area (TPSA) is 84.7 Å². The fourth-order valence-electron chi connectivity index (χ4n) is 2.45. The first-order chi connectivity index (χ1) is 9.49. The molecule has 7 nitrogen and oxygen atoms in total. The molecule has 7 heteroatoms. The second kappa shape index (κ2) is 6.04. The lowest BCUT2D eigenvalue weighted by molar-refractivity contribution is -0.145. The molecule has 1 saturated heterocycles. The van der Waals surface area contributed by atoms with Crippen molar-refractivity contribution in [1.29, 1.82) is 0 Å². The molecule has 20 heavy (non-hydrogen) atoms. The highest BCUT2D eigenvalue weighted by molar-refractivity contribution is 5.79. The van der Waals surface area contributed by atoms with Crippen molar-refractivity contribution in [1.82, 2.24) is 15.4 Å². The molecule has 1 aliphatic rings. The molecule has 2 heterocycles. The number of esters is 1. The summed E-state index contributed by atoms with van der Waals surface area (Å²) in [6, 6.07) is 1.39. The summed E-state index contributed by atoms with van der Waals surface area (Å²) in [4.78, 5) is 25.3. The minimum atomic E-state index is -0.294. The van der Waals surface area contributed by atoms with Gasteiger partial charge in [-0.15, -0.1) is 0 Å². The Morgan fingerprint density at radius 3 is 2.95 bits per heavy atom. The predicted molar refractivity (Wildman–Crippen MR) is 69.9 cm³/mol. The minimum absolute atomic E-state index is 0.0550. The lowest BCUT2D eigenvalue weighted by Gasteiger charge is -2.15. The zero-order valence-corrected chi connectivity index (χ0v) is 11.9. The zero-order valence-electron chi connectivity index (χ0n) is 11.9. The van der Waals surface area contributed by atoms with E-state index >= 15 is 0 Å². The number of ether oxygens (including phenoxy) is 1. The van der Waals surface area contributed by atoms with Crippen molar-refractivity contribution in [2.24, 2.45) is 0 Å². The number of rotatable bonds is 4. The van der Waals surface area contributed by atoms with Crippen molar-refractivity contribution in [3.8, 4) is 0 Å². The summed E-state index contributed by atoms with van der Waals surface area (Å²) in [5.41, 5.74) is 0.749. The molecular formula is C13H19N3O4. The first-order valence-corrected chi connectivity index (χ1v) is 6.49. The van der Waals surface area contributed by atoms with Gasteiger partial charge in [-0.05, 0) is 20.4 Å². The van der Waals surface area contributed by atoms with Crippen LogP contribution >= 0.6 is 0 Å². The molecular weight excluding hydrogens is 262 g/mol. The largest absolute Gasteiger partial charge is 0.468 e. The van der Waals surface area contributed by atoms with Crippen LogP contribution in [0.3, 0.4) is 0 Å². The van der Waals surface area contributed by atoms with Gasteiger partial charge in [-0.25, -0.2) is 0 Å². The number of aromatic nitrogens is 1. The SMILES string of the molecule is COC(=O)[C@@H]1C[C@H](NC(=O)Cc2cc(C)no2)CN1C. The number of carbonyl (C=O) groups excluding carboxylic acids is 2. The van der Waals surface area contributed by atoms with E-state index in [1.807, 2.05) is 11.9 Å². The number of amides is 1. The maximum atomic E-state index is 11.9. The van der Waals surface area contributed by atoms with Crippen LogP contribution < -0.4 is 5.32 Å². The second-order valence-electron chi connectivity index (χ2n) is 5.09. The maximum Gasteiger partial charge on any atom is 0.323 e. The van der Waals surface area contributed by atoms with Crippen LogP contribution in [-0.4, -0.2) is 54.7 Å². The summed E-state index contributed by atoms with van der Waals surface area (Å²) in [5, 5.41) is 6.64. The molecule has 1 N–H and O–H groups in total. The molecule has 0 aliphatic carbocycles. The highest BCUT2D eigenvalue weighted by Crippen LogP contribution is 2.17. The zero-order chi connectivity index (χ0) is 14.7. The van der Waals surface area contributed by atoms with Crippen molar-refractivity contribution < 1.29 is 18.8 Å². The van der Waals surface area contributed by atoms with Crippen LogP contribution in [0.2, 0.25) is 0 Å². The molecule has 2 rings (SSSR count). The molecule has 1 aromatic rings. The van der Waals surface area contributed by atoms with E-state index in [1.54, 1.807) is 13.0 Å². The molecule has 1 aromatic heterocycles. The number of methoxy groups -OCH3 is 1. The Hall–Kier alpha value is -1.89. The molecule has 0 saturated carbocycles. The van der Waals surface area contributed by atoms with Gasteiger partial charge in [0.15, 0.2) is 0 Å². The average Bonchev–Trinajstić information content (AvgIpc) is 2.94. The molecule has 110 valence electrons. The molecule has 0 bridgehead atoms. The summed E-state index contributed by atoms with van der Waals surface area (Å²) in [5.74, 6) is 0.135. The van der Waals surface area contributed by atoms with E-state index < -0.39 is 0 Å². The predicted octanol–water partition coefficient (Wildman–Crippen LogP) is -0.113. The third kappa shape index (κ3) is 3.36. The van der Waals surface area contributed by atoms with Gasteiger partial charge in [0.1, 0.15) is 11.8 Å². The Morgan fingerprint density at radius 1 is 1.60 bits per heavy atom. The summed E-state index contributed by atoms with van der Waals surface area (Å²) in [7, 11) is 3.21. The lowest BCUT2D eigenvalue weighted by Crippen LogP contribution is -2.37. The number of carbonyl (C=O) groups is 2. The van der Waals surface area contributed by atoms with Gasteiger partial charge in [0, 0.05) is 18.7 Å². The summed E-state index contributed by atoms with van der Waals surface area (Å²) >= 11 is 0. The Bertz CT molecular complexity index is 500. The van der Waals surface area contributed by atoms with Crippen molar-refractivity contribution in [2.75, 3.05) is 20.7 Å². The first kappa shape index (κ1) is 14.5. The number of hydrogen-bond acceptors (Lipinski definition) is 6. The van der Waals surface area contributed by atoms with E-state index in [4.69, 9.17) is 9.26 Å². The molecule has 1 aliphatic heterocycles. The van der Waals surface area contributed by atoms with Crippen LogP contribution in [0.4, 0.5) is 0 Å². The van der Waals surface area contributed by atoms with Crippen molar-refractivity contribution in [2.45, 2.75) is 31.8 Å². The summed E-state index contributed by atoms with van der Waals surface area (Å²) < 4.78 is 9.74. The fraction of sp³-hybridized carbons (Fsp3) is 0.615. The van der Waals surface area contributed by atoms with Gasteiger partial charge in [-0.1, -0.05) is 5.16 Å². The average molecular weight is 281 g/mol. The highest BCUT2D eigenvalue weighted by Gasteiger charge is 2.35. The Labute approximate surface area is 117 Å². The maximum absolute atomic E-state index is 11.9. The smallest absolute Gasteiger partial charge is 0.323 e. The van der Waals surface area contributed by atoms with Gasteiger partial charge in [0.05, 0.1) is 19.2 Å². The first-order valence-electron chi connectivity index (χ1n) is 6.49. The van der Waals surface area contributed by atoms with Crippen LogP contribution in [0.5, 0.6) is 0 Å². The van der Waals surface area contributed by atoms with Crippen LogP contribution in [-0.2, 0) is 20.7 Å². The van der Waals surface area contributed by atoms with E-state index in [1.165, 1.54) is 7.11 Å². The Balaban J connectivity index is 1.85. The van der Waals surface area contributed by atoms with Crippen LogP contribution in [0.15, 0.2) is 10.6 Å². The number of aryl methyl sites for hydroxylation is 1. The third-order valence-electron chi connectivity index (χ3n) is 3.40. The van der Waals surface area contributed by atoms with Gasteiger partial charge in [0.25, 0.3) is 0 Å². The monoisotopic (exact) mass is 281 g/mol. The van der Waals surface area contributed by atoms with Gasteiger partial charge in [0.2, 0.25) is 5.91 Å². The number of nitrogens with zero attached hydrogens (tertiary/aromatic N) is 2. The van der Waals surface area contributed by atoms with E-state index in [0.717, 1.165) is 5.69 Å². The van der Waals surface area contributed by atoms with Crippen LogP contribution in [0, 0.1) is 6.92 Å². The highest BCUT2D eigenvalue weighted by atomic mass is 16.5. The Kier molecular flexibility index (Phi) is 4.39. The van der Waals surface area contributed by atoms with E-state index in [2.05, 4.69) is 10.5 Å². The van der Waals surface area contributed by atoms with Gasteiger partial charge < -0.3 is 14.6 Å². The normalized spacial score (nSPS) is 22.8. The van der Waals surface area contributed by atoms with Crippen molar-refractivity contribution in [3.63, 3.8) is 0 Å². The number of hydrogen-bond donors (Lipinski definition) is 1. The number of nitrogens with one attached hydrogen (secondary N) is 1. The quantitative estimate of drug-likeness (QED) is 0.775. The Morgan fingerprint density at radius 2 is 2.35 bits per heavy atom. The number of likely N-dealkylation sites (tertiary alicyclic amines) is 1. The summed E-state index contributed by atoms with van der Waals surface area (Å²) in [6.45, 7) is 2.43. The number of likely N-dealkylation sites (N-methyl/N-ethyl adjacent to an activating group) is 1. The molecule has 2 atom stereocenters. The molecule has 1 fully saturated rings. The molecule has 1 amide bonds. The molecule has 0 aromatic carbocycles. The minimum Gasteiger partial charge on any atom is -0.468 e. The van der Waals surface area contributed by atoms with Gasteiger partial charge in [-0.3, -0.25) is 14.5 Å². The van der Waals surface area contributed by atoms with Crippen LogP contribution in [0.1, 0.15) is 17.9 Å². The van der Waals surface area contributed by atoms with Gasteiger partial charge in [-0.2, -0.15) is 0 Å². The van der Waals surface area contributed by atoms with Gasteiger partial charge >= 0.3 is 5.97 Å². The van der Waals surface area contributed by atoms with E-state index in [-0.39, 0.29) is 30.4 Å².